The zero-order chi connectivity index (χ0) is 14.1. The first kappa shape index (κ1) is 15.3. The minimum atomic E-state index is -1.93. The molecule has 0 aliphatic carbocycles. The van der Waals surface area contributed by atoms with Crippen molar-refractivity contribution in [3.63, 3.8) is 0 Å². The largest absolute Gasteiger partial charge is 0.542 e. The van der Waals surface area contributed by atoms with Crippen LogP contribution in [-0.2, 0) is 0 Å². The van der Waals surface area contributed by atoms with Crippen molar-refractivity contribution in [3.05, 3.63) is 28.8 Å². The van der Waals surface area contributed by atoms with Gasteiger partial charge in [-0.25, -0.2) is 0 Å². The molecule has 0 amide bonds. The molecule has 0 aliphatic heterocycles. The molecule has 1 rings (SSSR count). The maximum absolute atomic E-state index is 11.5. The van der Waals surface area contributed by atoms with Gasteiger partial charge in [0.05, 0.1) is 5.02 Å². The van der Waals surface area contributed by atoms with E-state index in [0.29, 0.717) is 16.3 Å². The van der Waals surface area contributed by atoms with Gasteiger partial charge in [-0.15, -0.1) is 0 Å². The number of ketones is 1. The monoisotopic (exact) mass is 284 g/mol. The van der Waals surface area contributed by atoms with Gasteiger partial charge >= 0.3 is 0 Å². The summed E-state index contributed by atoms with van der Waals surface area (Å²) in [6.45, 7) is 12.3. The summed E-state index contributed by atoms with van der Waals surface area (Å²) in [5.41, 5.74) is 0.521. The minimum Gasteiger partial charge on any atom is -0.542 e. The van der Waals surface area contributed by atoms with E-state index in [9.17, 15) is 4.79 Å². The van der Waals surface area contributed by atoms with Crippen LogP contribution >= 0.6 is 11.6 Å². The van der Waals surface area contributed by atoms with Crippen LogP contribution in [0.3, 0.4) is 0 Å². The lowest BCUT2D eigenvalue weighted by Gasteiger charge is -2.36. The Balaban J connectivity index is 3.14. The maximum Gasteiger partial charge on any atom is 0.250 e. The molecule has 0 spiro atoms. The highest BCUT2D eigenvalue weighted by molar-refractivity contribution is 6.74. The van der Waals surface area contributed by atoms with E-state index in [4.69, 9.17) is 16.0 Å². The third-order valence-electron chi connectivity index (χ3n) is 3.51. The number of rotatable bonds is 3. The fourth-order valence-electron chi connectivity index (χ4n) is 1.29. The van der Waals surface area contributed by atoms with Crippen LogP contribution in [0.25, 0.3) is 0 Å². The molecule has 0 saturated heterocycles. The van der Waals surface area contributed by atoms with Crippen molar-refractivity contribution in [2.45, 2.75) is 45.8 Å². The van der Waals surface area contributed by atoms with Crippen molar-refractivity contribution >= 4 is 25.7 Å². The Hall–Kier alpha value is -0.803. The fourth-order valence-corrected chi connectivity index (χ4v) is 2.68. The second-order valence-electron chi connectivity index (χ2n) is 6.04. The molecule has 1 aromatic rings. The van der Waals surface area contributed by atoms with E-state index in [2.05, 4.69) is 33.9 Å². The molecule has 0 heterocycles. The molecule has 100 valence electrons. The van der Waals surface area contributed by atoms with E-state index < -0.39 is 8.32 Å². The average molecular weight is 285 g/mol. The van der Waals surface area contributed by atoms with E-state index in [1.807, 2.05) is 12.1 Å². The Morgan fingerprint density at radius 2 is 1.83 bits per heavy atom. The molecule has 0 unspecified atom stereocenters. The summed E-state index contributed by atoms with van der Waals surface area (Å²) < 4.78 is 6.14. The molecular weight excluding hydrogens is 264 g/mol. The van der Waals surface area contributed by atoms with Crippen LogP contribution in [-0.4, -0.2) is 14.1 Å². The van der Waals surface area contributed by atoms with Gasteiger partial charge in [0.15, 0.2) is 5.78 Å². The van der Waals surface area contributed by atoms with Gasteiger partial charge in [0.2, 0.25) is 0 Å². The quantitative estimate of drug-likeness (QED) is 0.581. The number of carbonyl (C=O) groups excluding carboxylic acids is 1. The highest BCUT2D eigenvalue weighted by Crippen LogP contribution is 2.39. The van der Waals surface area contributed by atoms with E-state index >= 15 is 0 Å². The van der Waals surface area contributed by atoms with Crippen LogP contribution in [0, 0.1) is 0 Å². The van der Waals surface area contributed by atoms with Crippen molar-refractivity contribution in [2.75, 3.05) is 0 Å². The molecule has 0 radical (unpaired) electrons. The second kappa shape index (κ2) is 5.06. The van der Waals surface area contributed by atoms with E-state index in [0.717, 1.165) is 0 Å². The summed E-state index contributed by atoms with van der Waals surface area (Å²) in [6.07, 6.45) is 0. The van der Waals surface area contributed by atoms with Crippen LogP contribution in [0.1, 0.15) is 38.1 Å². The average Bonchev–Trinajstić information content (AvgIpc) is 2.18. The molecule has 0 saturated carbocycles. The third-order valence-corrected chi connectivity index (χ3v) is 8.25. The third kappa shape index (κ3) is 3.15. The van der Waals surface area contributed by atoms with Crippen LogP contribution in [0.2, 0.25) is 23.2 Å². The molecule has 18 heavy (non-hydrogen) atoms. The Kier molecular flexibility index (Phi) is 4.29. The van der Waals surface area contributed by atoms with Gasteiger partial charge in [-0.1, -0.05) is 38.4 Å². The topological polar surface area (TPSA) is 26.3 Å². The van der Waals surface area contributed by atoms with Gasteiger partial charge in [0.1, 0.15) is 5.75 Å². The van der Waals surface area contributed by atoms with Crippen molar-refractivity contribution < 1.29 is 9.22 Å². The highest BCUT2D eigenvalue weighted by atomic mass is 35.5. The summed E-state index contributed by atoms with van der Waals surface area (Å²) in [5, 5.41) is 0.526. The first-order chi connectivity index (χ1) is 8.06. The normalized spacial score (nSPS) is 12.4. The van der Waals surface area contributed by atoms with Crippen LogP contribution in [0.4, 0.5) is 0 Å². The molecule has 2 nitrogen and oxygen atoms in total. The SMILES string of the molecule is CC(=O)c1cccc(O[Si](C)(C)C(C)(C)C)c1Cl. The molecule has 4 heteroatoms. The number of benzene rings is 1. The van der Waals surface area contributed by atoms with Crippen LogP contribution in [0.5, 0.6) is 5.75 Å². The number of Topliss-reactive ketones (excluding diaryl/α,β-unsaturated/α-hetero) is 1. The maximum atomic E-state index is 11.5. The molecule has 0 fully saturated rings. The Morgan fingerprint density at radius 3 is 2.28 bits per heavy atom. The minimum absolute atomic E-state index is 0.0410. The van der Waals surface area contributed by atoms with Crippen molar-refractivity contribution in [1.29, 1.82) is 0 Å². The summed E-state index contributed by atoms with van der Waals surface area (Å²) in [5.74, 6) is 0.580. The molecule has 0 aliphatic rings. The van der Waals surface area contributed by atoms with Gasteiger partial charge in [-0.3, -0.25) is 4.79 Å². The van der Waals surface area contributed by atoms with E-state index in [-0.39, 0.29) is 10.8 Å². The summed E-state index contributed by atoms with van der Waals surface area (Å²) in [6, 6.07) is 5.36. The lowest BCUT2D eigenvalue weighted by atomic mass is 10.1. The smallest absolute Gasteiger partial charge is 0.250 e. The molecule has 0 bridgehead atoms. The number of hydrogen-bond donors (Lipinski definition) is 0. The van der Waals surface area contributed by atoms with Gasteiger partial charge < -0.3 is 4.43 Å². The van der Waals surface area contributed by atoms with Gasteiger partial charge in [-0.05, 0) is 37.2 Å². The summed E-state index contributed by atoms with van der Waals surface area (Å²) in [4.78, 5) is 11.5. The lowest BCUT2D eigenvalue weighted by molar-refractivity contribution is 0.101. The predicted octanol–water partition coefficient (Wildman–Crippen LogP) is 4.93. The molecule has 0 atom stereocenters. The van der Waals surface area contributed by atoms with Crippen molar-refractivity contribution in [3.8, 4) is 5.75 Å². The first-order valence-electron chi connectivity index (χ1n) is 6.05. The molecule has 0 N–H and O–H groups in total. The van der Waals surface area contributed by atoms with Gasteiger partial charge in [0, 0.05) is 5.56 Å². The summed E-state index contributed by atoms with van der Waals surface area (Å²) >= 11 is 6.24. The second-order valence-corrected chi connectivity index (χ2v) is 11.1. The fraction of sp³-hybridized carbons (Fsp3) is 0.500. The van der Waals surface area contributed by atoms with Gasteiger partial charge in [-0.2, -0.15) is 0 Å². The molecule has 0 aromatic heterocycles. The van der Waals surface area contributed by atoms with Crippen molar-refractivity contribution in [1.82, 2.24) is 0 Å². The number of halogens is 1. The summed E-state index contributed by atoms with van der Waals surface area (Å²) in [7, 11) is -1.93. The van der Waals surface area contributed by atoms with Gasteiger partial charge in [0.25, 0.3) is 8.32 Å². The lowest BCUT2D eigenvalue weighted by Crippen LogP contribution is -2.44. The zero-order valence-corrected chi connectivity index (χ0v) is 13.7. The zero-order valence-electron chi connectivity index (χ0n) is 11.9. The standard InChI is InChI=1S/C14H21ClO2Si/c1-10(16)11-8-7-9-12(13(11)15)17-18(5,6)14(2,3)4/h7-9H,1-6H3. The molecule has 1 aromatic carbocycles. The number of carbonyl (C=O) groups is 1. The predicted molar refractivity (Wildman–Crippen MR) is 79.3 cm³/mol. The number of hydrogen-bond acceptors (Lipinski definition) is 2. The van der Waals surface area contributed by atoms with Crippen molar-refractivity contribution in [2.24, 2.45) is 0 Å². The Bertz CT molecular complexity index is 461. The Labute approximate surface area is 115 Å². The van der Waals surface area contributed by atoms with E-state index in [1.54, 1.807) is 6.07 Å². The highest BCUT2D eigenvalue weighted by Gasteiger charge is 2.39. The van der Waals surface area contributed by atoms with Crippen LogP contribution in [0.15, 0.2) is 18.2 Å². The van der Waals surface area contributed by atoms with Crippen LogP contribution < -0.4 is 4.43 Å². The van der Waals surface area contributed by atoms with E-state index in [1.165, 1.54) is 6.92 Å². The first-order valence-corrected chi connectivity index (χ1v) is 9.33. The Morgan fingerprint density at radius 1 is 1.28 bits per heavy atom. The molecular formula is C14H21ClO2Si.